The zero-order chi connectivity index (χ0) is 12.1. The molecule has 0 fully saturated rings. The van der Waals surface area contributed by atoms with Crippen molar-refractivity contribution in [2.75, 3.05) is 7.11 Å². The van der Waals surface area contributed by atoms with Crippen LogP contribution in [0.25, 0.3) is 0 Å². The van der Waals surface area contributed by atoms with E-state index in [2.05, 4.69) is 10.4 Å². The average Bonchev–Trinajstić information content (AvgIpc) is 2.63. The largest absolute Gasteiger partial charge is 0.468 e. The van der Waals surface area contributed by atoms with Gasteiger partial charge in [-0.1, -0.05) is 13.8 Å². The van der Waals surface area contributed by atoms with Crippen LogP contribution >= 0.6 is 0 Å². The van der Waals surface area contributed by atoms with Gasteiger partial charge in [0.25, 0.3) is 0 Å². The van der Waals surface area contributed by atoms with Gasteiger partial charge in [-0.3, -0.25) is 14.8 Å². The van der Waals surface area contributed by atoms with Crippen molar-refractivity contribution in [2.24, 2.45) is 13.0 Å². The maximum atomic E-state index is 11.5. The molecule has 0 aliphatic rings. The second-order valence-corrected chi connectivity index (χ2v) is 4.15. The number of methoxy groups -OCH3 is 1. The van der Waals surface area contributed by atoms with Crippen LogP contribution in [0, 0.1) is 5.92 Å². The van der Waals surface area contributed by atoms with Crippen molar-refractivity contribution in [3.05, 3.63) is 18.0 Å². The molecule has 1 rings (SSSR count). The van der Waals surface area contributed by atoms with Crippen LogP contribution in [0.3, 0.4) is 0 Å². The van der Waals surface area contributed by atoms with Gasteiger partial charge in [0.1, 0.15) is 6.04 Å². The lowest BCUT2D eigenvalue weighted by atomic mass is 10.0. The Morgan fingerprint density at radius 3 is 2.75 bits per heavy atom. The molecule has 5 heteroatoms. The van der Waals surface area contributed by atoms with Gasteiger partial charge in [0.15, 0.2) is 0 Å². The molecule has 16 heavy (non-hydrogen) atoms. The van der Waals surface area contributed by atoms with E-state index in [9.17, 15) is 4.79 Å². The summed E-state index contributed by atoms with van der Waals surface area (Å²) < 4.78 is 6.48. The first-order valence-electron chi connectivity index (χ1n) is 5.33. The van der Waals surface area contributed by atoms with Crippen molar-refractivity contribution in [1.29, 1.82) is 0 Å². The second-order valence-electron chi connectivity index (χ2n) is 4.15. The summed E-state index contributed by atoms with van der Waals surface area (Å²) in [5, 5.41) is 7.24. The van der Waals surface area contributed by atoms with Crippen LogP contribution in [0.15, 0.2) is 12.4 Å². The molecule has 0 bridgehead atoms. The molecule has 0 radical (unpaired) electrons. The van der Waals surface area contributed by atoms with Crippen molar-refractivity contribution < 1.29 is 9.53 Å². The topological polar surface area (TPSA) is 56.1 Å². The predicted octanol–water partition coefficient (Wildman–Crippen LogP) is 0.707. The van der Waals surface area contributed by atoms with E-state index in [1.807, 2.05) is 27.1 Å². The molecule has 0 amide bonds. The highest BCUT2D eigenvalue weighted by Crippen LogP contribution is 2.05. The third-order valence-electron chi connectivity index (χ3n) is 2.41. The van der Waals surface area contributed by atoms with Crippen LogP contribution in [-0.2, 0) is 23.1 Å². The van der Waals surface area contributed by atoms with Crippen LogP contribution in [0.5, 0.6) is 0 Å². The third-order valence-corrected chi connectivity index (χ3v) is 2.41. The van der Waals surface area contributed by atoms with E-state index in [0.717, 1.165) is 5.56 Å². The number of hydrogen-bond acceptors (Lipinski definition) is 4. The van der Waals surface area contributed by atoms with Crippen molar-refractivity contribution in [3.8, 4) is 0 Å². The van der Waals surface area contributed by atoms with Gasteiger partial charge in [-0.2, -0.15) is 5.10 Å². The Morgan fingerprint density at radius 2 is 2.31 bits per heavy atom. The lowest BCUT2D eigenvalue weighted by Gasteiger charge is -2.19. The molecule has 90 valence electrons. The van der Waals surface area contributed by atoms with Crippen LogP contribution in [-0.4, -0.2) is 28.9 Å². The van der Waals surface area contributed by atoms with Gasteiger partial charge in [-0.15, -0.1) is 0 Å². The second kappa shape index (κ2) is 5.65. The monoisotopic (exact) mass is 225 g/mol. The summed E-state index contributed by atoms with van der Waals surface area (Å²) in [6.45, 7) is 4.58. The number of hydrogen-bond donors (Lipinski definition) is 1. The number of aryl methyl sites for hydroxylation is 1. The highest BCUT2D eigenvalue weighted by Gasteiger charge is 2.22. The summed E-state index contributed by atoms with van der Waals surface area (Å²) in [4.78, 5) is 11.5. The Bertz CT molecular complexity index is 347. The van der Waals surface area contributed by atoms with E-state index in [4.69, 9.17) is 4.74 Å². The van der Waals surface area contributed by atoms with E-state index in [-0.39, 0.29) is 17.9 Å². The molecule has 0 saturated heterocycles. The van der Waals surface area contributed by atoms with Crippen molar-refractivity contribution in [3.63, 3.8) is 0 Å². The number of nitrogens with zero attached hydrogens (tertiary/aromatic N) is 2. The van der Waals surface area contributed by atoms with E-state index in [0.29, 0.717) is 6.54 Å². The molecule has 1 atom stereocenters. The maximum Gasteiger partial charge on any atom is 0.323 e. The first kappa shape index (κ1) is 12.7. The summed E-state index contributed by atoms with van der Waals surface area (Å²) in [5.41, 5.74) is 1.05. The molecule has 0 unspecified atom stereocenters. The van der Waals surface area contributed by atoms with Gasteiger partial charge in [0.05, 0.1) is 13.3 Å². The molecule has 5 nitrogen and oxygen atoms in total. The summed E-state index contributed by atoms with van der Waals surface area (Å²) in [6, 6.07) is -0.273. The average molecular weight is 225 g/mol. The van der Waals surface area contributed by atoms with E-state index >= 15 is 0 Å². The Hall–Kier alpha value is -1.36. The summed E-state index contributed by atoms with van der Waals surface area (Å²) in [7, 11) is 3.27. The minimum atomic E-state index is -0.273. The summed E-state index contributed by atoms with van der Waals surface area (Å²) in [6.07, 6.45) is 3.70. The molecular formula is C11H19N3O2. The maximum absolute atomic E-state index is 11.5. The van der Waals surface area contributed by atoms with Crippen molar-refractivity contribution in [2.45, 2.75) is 26.4 Å². The van der Waals surface area contributed by atoms with Crippen molar-refractivity contribution >= 4 is 5.97 Å². The number of carbonyl (C=O) groups excluding carboxylic acids is 1. The van der Waals surface area contributed by atoms with Gasteiger partial charge < -0.3 is 4.74 Å². The van der Waals surface area contributed by atoms with Crippen LogP contribution in [0.4, 0.5) is 0 Å². The van der Waals surface area contributed by atoms with E-state index in [1.54, 1.807) is 10.9 Å². The standard InChI is InChI=1S/C11H19N3O2/c1-8(2)10(11(15)16-4)12-5-9-6-13-14(3)7-9/h6-8,10,12H,5H2,1-4H3/t10-/m0/s1. The Morgan fingerprint density at radius 1 is 1.62 bits per heavy atom. The van der Waals surface area contributed by atoms with Crippen molar-refractivity contribution in [1.82, 2.24) is 15.1 Å². The number of nitrogens with one attached hydrogen (secondary N) is 1. The third kappa shape index (κ3) is 3.34. The predicted molar refractivity (Wildman–Crippen MR) is 60.7 cm³/mol. The Labute approximate surface area is 95.8 Å². The molecule has 1 aromatic heterocycles. The minimum Gasteiger partial charge on any atom is -0.468 e. The molecule has 0 saturated carbocycles. The first-order valence-corrected chi connectivity index (χ1v) is 5.33. The summed E-state index contributed by atoms with van der Waals surface area (Å²) in [5.74, 6) is -0.0250. The van der Waals surface area contributed by atoms with Crippen LogP contribution in [0.1, 0.15) is 19.4 Å². The lowest BCUT2D eigenvalue weighted by molar-refractivity contribution is -0.144. The first-order chi connectivity index (χ1) is 7.54. The van der Waals surface area contributed by atoms with E-state index in [1.165, 1.54) is 7.11 Å². The fraction of sp³-hybridized carbons (Fsp3) is 0.636. The molecule has 0 aliphatic heterocycles. The smallest absolute Gasteiger partial charge is 0.323 e. The highest BCUT2D eigenvalue weighted by molar-refractivity contribution is 5.75. The Kier molecular flexibility index (Phi) is 4.49. The number of aromatic nitrogens is 2. The minimum absolute atomic E-state index is 0.198. The number of carbonyl (C=O) groups is 1. The molecule has 1 N–H and O–H groups in total. The Balaban J connectivity index is 2.53. The normalized spacial score (nSPS) is 12.8. The SMILES string of the molecule is COC(=O)[C@@H](NCc1cnn(C)c1)C(C)C. The van der Waals surface area contributed by atoms with Gasteiger partial charge in [-0.25, -0.2) is 0 Å². The van der Waals surface area contributed by atoms with E-state index < -0.39 is 0 Å². The fourth-order valence-corrected chi connectivity index (χ4v) is 1.51. The molecular weight excluding hydrogens is 206 g/mol. The van der Waals surface area contributed by atoms with Gasteiger partial charge in [0.2, 0.25) is 0 Å². The zero-order valence-corrected chi connectivity index (χ0v) is 10.2. The molecule has 0 aromatic carbocycles. The molecule has 0 spiro atoms. The highest BCUT2D eigenvalue weighted by atomic mass is 16.5. The number of ether oxygens (including phenoxy) is 1. The zero-order valence-electron chi connectivity index (χ0n) is 10.2. The summed E-state index contributed by atoms with van der Waals surface area (Å²) >= 11 is 0. The number of rotatable bonds is 5. The van der Waals surface area contributed by atoms with Gasteiger partial charge in [-0.05, 0) is 5.92 Å². The van der Waals surface area contributed by atoms with Crippen LogP contribution in [0.2, 0.25) is 0 Å². The van der Waals surface area contributed by atoms with Gasteiger partial charge >= 0.3 is 5.97 Å². The number of esters is 1. The lowest BCUT2D eigenvalue weighted by Crippen LogP contribution is -2.41. The van der Waals surface area contributed by atoms with Gasteiger partial charge in [0, 0.05) is 25.4 Å². The molecule has 1 aromatic rings. The quantitative estimate of drug-likeness (QED) is 0.750. The molecule has 1 heterocycles. The van der Waals surface area contributed by atoms with Crippen LogP contribution < -0.4 is 5.32 Å². The fourth-order valence-electron chi connectivity index (χ4n) is 1.51. The molecule has 0 aliphatic carbocycles.